The van der Waals surface area contributed by atoms with Crippen molar-refractivity contribution in [1.82, 2.24) is 15.8 Å². The van der Waals surface area contributed by atoms with E-state index >= 15 is 0 Å². The van der Waals surface area contributed by atoms with Gasteiger partial charge in [0.05, 0.1) is 0 Å². The van der Waals surface area contributed by atoms with Crippen LogP contribution in [-0.2, 0) is 11.3 Å². The molecule has 0 aromatic heterocycles. The Labute approximate surface area is 160 Å². The van der Waals surface area contributed by atoms with Crippen LogP contribution < -0.4 is 20.3 Å². The summed E-state index contributed by atoms with van der Waals surface area (Å²) in [5, 5.41) is 0. The predicted octanol–water partition coefficient (Wildman–Crippen LogP) is 2.74. The molecule has 2 aliphatic heterocycles. The zero-order valence-corrected chi connectivity index (χ0v) is 16.0. The van der Waals surface area contributed by atoms with Crippen molar-refractivity contribution >= 4 is 21.8 Å². The van der Waals surface area contributed by atoms with Gasteiger partial charge in [0.1, 0.15) is 6.04 Å². The number of nitrogens with zero attached hydrogens (tertiary/aromatic N) is 1. The van der Waals surface area contributed by atoms with E-state index in [2.05, 4.69) is 38.9 Å². The Morgan fingerprint density at radius 1 is 1.15 bits per heavy atom. The number of ether oxygens (including phenoxy) is 2. The largest absolute Gasteiger partial charge is 0.454 e. The van der Waals surface area contributed by atoms with Gasteiger partial charge in [-0.25, -0.2) is 10.9 Å². The van der Waals surface area contributed by atoms with E-state index in [1.165, 1.54) is 0 Å². The highest BCUT2D eigenvalue weighted by Gasteiger charge is 2.32. The van der Waals surface area contributed by atoms with Crippen LogP contribution in [0, 0.1) is 0 Å². The van der Waals surface area contributed by atoms with Crippen LogP contribution in [0.4, 0.5) is 0 Å². The van der Waals surface area contributed by atoms with Gasteiger partial charge in [-0.05, 0) is 41.8 Å². The lowest BCUT2D eigenvalue weighted by atomic mass is 10.0. The lowest BCUT2D eigenvalue weighted by Crippen LogP contribution is -2.43. The van der Waals surface area contributed by atoms with Crippen molar-refractivity contribution in [3.8, 4) is 11.5 Å². The minimum atomic E-state index is -0.248. The number of halogens is 1. The van der Waals surface area contributed by atoms with Gasteiger partial charge in [0.25, 0.3) is 0 Å². The summed E-state index contributed by atoms with van der Waals surface area (Å²) in [6.07, 6.45) is 0.714. The molecule has 0 aliphatic carbocycles. The molecule has 2 unspecified atom stereocenters. The van der Waals surface area contributed by atoms with E-state index in [0.29, 0.717) is 13.0 Å². The first-order valence-electron chi connectivity index (χ1n) is 8.50. The van der Waals surface area contributed by atoms with Crippen molar-refractivity contribution in [3.05, 3.63) is 58.1 Å². The summed E-state index contributed by atoms with van der Waals surface area (Å²) in [4.78, 5) is 14.5. The van der Waals surface area contributed by atoms with Crippen LogP contribution in [0.2, 0.25) is 0 Å². The Morgan fingerprint density at radius 3 is 2.73 bits per heavy atom. The third-order valence-corrected chi connectivity index (χ3v) is 5.24. The van der Waals surface area contributed by atoms with Crippen LogP contribution in [0.5, 0.6) is 11.5 Å². The fraction of sp³-hybridized carbons (Fsp3) is 0.316. The summed E-state index contributed by atoms with van der Waals surface area (Å²) in [5.41, 5.74) is 8.53. The average Bonchev–Trinajstić information content (AvgIpc) is 3.30. The minimum Gasteiger partial charge on any atom is -0.454 e. The molecule has 6 nitrogen and oxygen atoms in total. The van der Waals surface area contributed by atoms with E-state index in [1.807, 2.05) is 37.4 Å². The van der Waals surface area contributed by atoms with E-state index in [1.54, 1.807) is 4.90 Å². The van der Waals surface area contributed by atoms with Crippen LogP contribution >= 0.6 is 15.9 Å². The highest BCUT2D eigenvalue weighted by Crippen LogP contribution is 2.33. The van der Waals surface area contributed by atoms with Crippen molar-refractivity contribution in [1.29, 1.82) is 0 Å². The molecule has 2 aromatic rings. The Kier molecular flexibility index (Phi) is 4.84. The first-order valence-corrected chi connectivity index (χ1v) is 9.29. The molecule has 2 N–H and O–H groups in total. The summed E-state index contributed by atoms with van der Waals surface area (Å²) < 4.78 is 11.8. The molecular formula is C19H20BrN3O3. The topological polar surface area (TPSA) is 62.8 Å². The second kappa shape index (κ2) is 7.26. The van der Waals surface area contributed by atoms with Crippen LogP contribution in [0.25, 0.3) is 0 Å². The third-order valence-electron chi connectivity index (χ3n) is 4.71. The molecular weight excluding hydrogens is 398 g/mol. The number of fused-ring (bicyclic) bond motifs is 1. The summed E-state index contributed by atoms with van der Waals surface area (Å²) in [6.45, 7) is 0.777. The fourth-order valence-electron chi connectivity index (χ4n) is 3.29. The number of benzene rings is 2. The van der Waals surface area contributed by atoms with E-state index < -0.39 is 0 Å². The lowest BCUT2D eigenvalue weighted by molar-refractivity contribution is -0.132. The van der Waals surface area contributed by atoms with E-state index in [4.69, 9.17) is 9.47 Å². The summed E-state index contributed by atoms with van der Waals surface area (Å²) in [7, 11) is 1.82. The number of likely N-dealkylation sites (N-methyl/N-ethyl adjacent to an activating group) is 1. The van der Waals surface area contributed by atoms with Crippen molar-refractivity contribution in [3.63, 3.8) is 0 Å². The van der Waals surface area contributed by atoms with E-state index in [-0.39, 0.29) is 24.8 Å². The minimum absolute atomic E-state index is 0.0646. The van der Waals surface area contributed by atoms with Crippen LogP contribution in [0.3, 0.4) is 0 Å². The summed E-state index contributed by atoms with van der Waals surface area (Å²) in [6, 6.07) is 13.8. The van der Waals surface area contributed by atoms with Gasteiger partial charge < -0.3 is 14.4 Å². The molecule has 4 rings (SSSR count). The first kappa shape index (κ1) is 17.3. The van der Waals surface area contributed by atoms with Crippen LogP contribution in [-0.4, -0.2) is 30.7 Å². The molecule has 26 heavy (non-hydrogen) atoms. The molecule has 2 heterocycles. The molecule has 2 atom stereocenters. The Hall–Kier alpha value is -2.09. The van der Waals surface area contributed by atoms with Gasteiger partial charge >= 0.3 is 0 Å². The molecule has 0 radical (unpaired) electrons. The molecule has 0 saturated carbocycles. The molecule has 1 amide bonds. The fourth-order valence-corrected chi connectivity index (χ4v) is 3.55. The van der Waals surface area contributed by atoms with E-state index in [9.17, 15) is 4.79 Å². The molecule has 0 bridgehead atoms. The normalized spacial score (nSPS) is 21.0. The first-order chi connectivity index (χ1) is 12.6. The van der Waals surface area contributed by atoms with Crippen LogP contribution in [0.15, 0.2) is 46.9 Å². The maximum atomic E-state index is 12.8. The summed E-state index contributed by atoms with van der Waals surface area (Å²) in [5.74, 6) is 1.55. The number of rotatable bonds is 4. The van der Waals surface area contributed by atoms with Crippen molar-refractivity contribution in [2.24, 2.45) is 0 Å². The SMILES string of the molecule is CN(Cc1ccc2c(c1)OCO2)C(=O)C1CC(c2ccc(Br)cc2)NN1. The maximum absolute atomic E-state index is 12.8. The number of carbonyl (C=O) groups is 1. The summed E-state index contributed by atoms with van der Waals surface area (Å²) >= 11 is 3.44. The third kappa shape index (κ3) is 3.56. The molecule has 1 fully saturated rings. The molecule has 0 spiro atoms. The smallest absolute Gasteiger partial charge is 0.241 e. The molecule has 1 saturated heterocycles. The number of amides is 1. The quantitative estimate of drug-likeness (QED) is 0.800. The van der Waals surface area contributed by atoms with Gasteiger partial charge in [-0.2, -0.15) is 0 Å². The number of hydrogen-bond acceptors (Lipinski definition) is 5. The zero-order valence-electron chi connectivity index (χ0n) is 14.4. The monoisotopic (exact) mass is 417 g/mol. The number of nitrogens with one attached hydrogen (secondary N) is 2. The zero-order chi connectivity index (χ0) is 18.1. The van der Waals surface area contributed by atoms with Gasteiger partial charge in [-0.3, -0.25) is 4.79 Å². The van der Waals surface area contributed by atoms with Gasteiger partial charge in [0, 0.05) is 24.1 Å². The van der Waals surface area contributed by atoms with Gasteiger partial charge in [0.15, 0.2) is 11.5 Å². The number of hydrazine groups is 1. The van der Waals surface area contributed by atoms with Crippen molar-refractivity contribution in [2.75, 3.05) is 13.8 Å². The number of carbonyl (C=O) groups excluding carboxylic acids is 1. The Bertz CT molecular complexity index is 812. The van der Waals surface area contributed by atoms with E-state index in [0.717, 1.165) is 27.1 Å². The Morgan fingerprint density at radius 2 is 1.92 bits per heavy atom. The second-order valence-corrected chi connectivity index (χ2v) is 7.48. The lowest BCUT2D eigenvalue weighted by Gasteiger charge is -2.21. The average molecular weight is 418 g/mol. The molecule has 2 aliphatic rings. The van der Waals surface area contributed by atoms with Gasteiger partial charge in [-0.15, -0.1) is 0 Å². The van der Waals surface area contributed by atoms with Crippen molar-refractivity contribution < 1.29 is 14.3 Å². The van der Waals surface area contributed by atoms with Crippen LogP contribution in [0.1, 0.15) is 23.6 Å². The predicted molar refractivity (Wildman–Crippen MR) is 101 cm³/mol. The Balaban J connectivity index is 1.37. The standard InChI is InChI=1S/C19H20BrN3O3/c1-23(10-12-2-7-17-18(8-12)26-11-25-17)19(24)16-9-15(21-22-16)13-3-5-14(20)6-4-13/h2-8,15-16,21-22H,9-11H2,1H3. The molecule has 2 aromatic carbocycles. The number of hydrogen-bond donors (Lipinski definition) is 2. The molecule has 7 heteroatoms. The second-order valence-electron chi connectivity index (χ2n) is 6.56. The van der Waals surface area contributed by atoms with Gasteiger partial charge in [0.2, 0.25) is 12.7 Å². The molecule has 136 valence electrons. The highest BCUT2D eigenvalue weighted by molar-refractivity contribution is 9.10. The maximum Gasteiger partial charge on any atom is 0.241 e. The van der Waals surface area contributed by atoms with Gasteiger partial charge in [-0.1, -0.05) is 34.1 Å². The highest BCUT2D eigenvalue weighted by atomic mass is 79.9. The van der Waals surface area contributed by atoms with Crippen molar-refractivity contribution in [2.45, 2.75) is 25.0 Å².